The number of carbonyl (C=O) groups excluding carboxylic acids is 2. The molecule has 2 spiro atoms. The van der Waals surface area contributed by atoms with Gasteiger partial charge in [0.15, 0.2) is 0 Å². The Morgan fingerprint density at radius 1 is 1.25 bits per heavy atom. The maximum Gasteiger partial charge on any atom is 0.407 e. The molecule has 4 rings (SSSR count). The van der Waals surface area contributed by atoms with E-state index in [1.54, 1.807) is 0 Å². The van der Waals surface area contributed by atoms with Crippen LogP contribution in [0, 0.1) is 5.41 Å². The van der Waals surface area contributed by atoms with Gasteiger partial charge in [0.05, 0.1) is 6.54 Å². The number of hydrogen-bond donors (Lipinski definition) is 1. The Morgan fingerprint density at radius 3 is 2.62 bits per heavy atom. The van der Waals surface area contributed by atoms with Crippen LogP contribution in [0.3, 0.4) is 0 Å². The molecule has 1 saturated carbocycles. The van der Waals surface area contributed by atoms with Crippen molar-refractivity contribution in [1.82, 2.24) is 15.1 Å². The Kier molecular flexibility index (Phi) is 3.98. The standard InChI is InChI=1S/C18H29N3O3/c1-2-3-15(22)21-7-4-17(13-21)10-14(11-17)20-8-5-18(6-9-20)12-19-16(23)24-18/h14H,2-13H2,1H3,(H,19,23). The monoisotopic (exact) mass is 335 g/mol. The van der Waals surface area contributed by atoms with Crippen molar-refractivity contribution in [2.75, 3.05) is 32.7 Å². The Labute approximate surface area is 143 Å². The fourth-order valence-electron chi connectivity index (χ4n) is 5.13. The average Bonchev–Trinajstić information content (AvgIpc) is 3.12. The molecule has 0 aromatic carbocycles. The van der Waals surface area contributed by atoms with Crippen molar-refractivity contribution < 1.29 is 14.3 Å². The lowest BCUT2D eigenvalue weighted by molar-refractivity contribution is -0.131. The van der Waals surface area contributed by atoms with Gasteiger partial charge in [0.25, 0.3) is 0 Å². The Hall–Kier alpha value is -1.30. The molecule has 0 aromatic heterocycles. The molecule has 6 nitrogen and oxygen atoms in total. The Bertz CT molecular complexity index is 522. The predicted molar refractivity (Wildman–Crippen MR) is 89.6 cm³/mol. The van der Waals surface area contributed by atoms with Gasteiger partial charge in [-0.2, -0.15) is 0 Å². The van der Waals surface area contributed by atoms with Gasteiger partial charge in [-0.3, -0.25) is 4.79 Å². The van der Waals surface area contributed by atoms with Crippen molar-refractivity contribution in [2.45, 2.75) is 63.5 Å². The van der Waals surface area contributed by atoms with Crippen molar-refractivity contribution >= 4 is 12.0 Å². The molecular weight excluding hydrogens is 306 g/mol. The molecule has 0 aromatic rings. The first-order valence-electron chi connectivity index (χ1n) is 9.52. The van der Waals surface area contributed by atoms with Crippen molar-refractivity contribution in [1.29, 1.82) is 0 Å². The fourth-order valence-corrected chi connectivity index (χ4v) is 5.13. The van der Waals surface area contributed by atoms with Crippen LogP contribution in [0.15, 0.2) is 0 Å². The van der Waals surface area contributed by atoms with E-state index in [4.69, 9.17) is 4.74 Å². The second-order valence-corrected chi connectivity index (χ2v) is 8.34. The highest BCUT2D eigenvalue weighted by molar-refractivity contribution is 5.76. The quantitative estimate of drug-likeness (QED) is 0.853. The zero-order valence-corrected chi connectivity index (χ0v) is 14.7. The maximum absolute atomic E-state index is 12.1. The van der Waals surface area contributed by atoms with Crippen LogP contribution in [-0.4, -0.2) is 66.2 Å². The molecule has 4 fully saturated rings. The minimum atomic E-state index is -0.256. The molecule has 1 N–H and O–H groups in total. The third kappa shape index (κ3) is 2.79. The van der Waals surface area contributed by atoms with Crippen LogP contribution in [0.5, 0.6) is 0 Å². The second kappa shape index (κ2) is 5.90. The molecule has 3 heterocycles. The zero-order chi connectivity index (χ0) is 16.8. The van der Waals surface area contributed by atoms with E-state index in [1.807, 2.05) is 0 Å². The number of carbonyl (C=O) groups is 2. The van der Waals surface area contributed by atoms with E-state index in [1.165, 1.54) is 19.3 Å². The molecule has 24 heavy (non-hydrogen) atoms. The van der Waals surface area contributed by atoms with Crippen molar-refractivity contribution in [2.24, 2.45) is 5.41 Å². The third-order valence-corrected chi connectivity index (χ3v) is 6.68. The summed E-state index contributed by atoms with van der Waals surface area (Å²) >= 11 is 0. The topological polar surface area (TPSA) is 61.9 Å². The summed E-state index contributed by atoms with van der Waals surface area (Å²) in [6.07, 6.45) is 6.90. The van der Waals surface area contributed by atoms with Gasteiger partial charge < -0.3 is 19.9 Å². The zero-order valence-electron chi connectivity index (χ0n) is 14.7. The summed E-state index contributed by atoms with van der Waals surface area (Å²) < 4.78 is 5.51. The lowest BCUT2D eigenvalue weighted by atomic mass is 9.64. The molecule has 0 radical (unpaired) electrons. The molecule has 6 heteroatoms. The van der Waals surface area contributed by atoms with Gasteiger partial charge in [0, 0.05) is 51.5 Å². The molecule has 4 aliphatic rings. The number of nitrogens with zero attached hydrogens (tertiary/aromatic N) is 2. The van der Waals surface area contributed by atoms with Crippen LogP contribution >= 0.6 is 0 Å². The van der Waals surface area contributed by atoms with Crippen LogP contribution in [0.4, 0.5) is 4.79 Å². The first-order chi connectivity index (χ1) is 11.5. The number of ether oxygens (including phenoxy) is 1. The van der Waals surface area contributed by atoms with Gasteiger partial charge in [-0.05, 0) is 31.1 Å². The summed E-state index contributed by atoms with van der Waals surface area (Å²) in [6.45, 7) is 6.71. The highest BCUT2D eigenvalue weighted by Crippen LogP contribution is 2.51. The number of rotatable bonds is 3. The van der Waals surface area contributed by atoms with Crippen molar-refractivity contribution in [3.05, 3.63) is 0 Å². The van der Waals surface area contributed by atoms with E-state index >= 15 is 0 Å². The summed E-state index contributed by atoms with van der Waals surface area (Å²) in [4.78, 5) is 28.1. The van der Waals surface area contributed by atoms with Gasteiger partial charge in [-0.25, -0.2) is 4.79 Å². The fraction of sp³-hybridized carbons (Fsp3) is 0.889. The van der Waals surface area contributed by atoms with Gasteiger partial charge >= 0.3 is 6.09 Å². The summed E-state index contributed by atoms with van der Waals surface area (Å²) in [5.74, 6) is 0.341. The molecule has 3 aliphatic heterocycles. The lowest BCUT2D eigenvalue weighted by Crippen LogP contribution is -2.57. The van der Waals surface area contributed by atoms with Crippen LogP contribution in [-0.2, 0) is 9.53 Å². The SMILES string of the molecule is CCCC(=O)N1CCC2(CC(N3CCC4(CC3)CNC(=O)O4)C2)C1. The molecule has 0 atom stereocenters. The minimum Gasteiger partial charge on any atom is -0.441 e. The van der Waals surface area contributed by atoms with E-state index < -0.39 is 0 Å². The Morgan fingerprint density at radius 2 is 2.00 bits per heavy atom. The van der Waals surface area contributed by atoms with Crippen molar-refractivity contribution in [3.63, 3.8) is 0 Å². The normalized spacial score (nSPS) is 35.1. The number of amides is 2. The van der Waals surface area contributed by atoms with Gasteiger partial charge in [-0.15, -0.1) is 0 Å². The predicted octanol–water partition coefficient (Wildman–Crippen LogP) is 1.74. The van der Waals surface area contributed by atoms with E-state index in [0.29, 0.717) is 30.3 Å². The molecule has 134 valence electrons. The smallest absolute Gasteiger partial charge is 0.407 e. The van der Waals surface area contributed by atoms with E-state index in [-0.39, 0.29) is 11.7 Å². The molecule has 2 amide bonds. The molecular formula is C18H29N3O3. The molecule has 3 saturated heterocycles. The highest BCUT2D eigenvalue weighted by atomic mass is 16.6. The van der Waals surface area contributed by atoms with Crippen LogP contribution < -0.4 is 5.32 Å². The van der Waals surface area contributed by atoms with Crippen LogP contribution in [0.2, 0.25) is 0 Å². The number of likely N-dealkylation sites (tertiary alicyclic amines) is 2. The minimum absolute atomic E-state index is 0.244. The van der Waals surface area contributed by atoms with E-state index in [2.05, 4.69) is 22.0 Å². The molecule has 1 aliphatic carbocycles. The van der Waals surface area contributed by atoms with Crippen LogP contribution in [0.25, 0.3) is 0 Å². The summed E-state index contributed by atoms with van der Waals surface area (Å²) in [5.41, 5.74) is 0.149. The van der Waals surface area contributed by atoms with E-state index in [0.717, 1.165) is 45.4 Å². The number of piperidine rings is 1. The first-order valence-corrected chi connectivity index (χ1v) is 9.52. The first kappa shape index (κ1) is 16.2. The Balaban J connectivity index is 1.25. The van der Waals surface area contributed by atoms with Gasteiger partial charge in [0.1, 0.15) is 5.60 Å². The summed E-state index contributed by atoms with van der Waals surface area (Å²) in [6, 6.07) is 0.661. The molecule has 0 unspecified atom stereocenters. The van der Waals surface area contributed by atoms with E-state index in [9.17, 15) is 9.59 Å². The average molecular weight is 335 g/mol. The van der Waals surface area contributed by atoms with Gasteiger partial charge in [0.2, 0.25) is 5.91 Å². The lowest BCUT2D eigenvalue weighted by Gasteiger charge is -2.52. The second-order valence-electron chi connectivity index (χ2n) is 8.34. The number of alkyl carbamates (subject to hydrolysis) is 1. The van der Waals surface area contributed by atoms with Crippen molar-refractivity contribution in [3.8, 4) is 0 Å². The third-order valence-electron chi connectivity index (χ3n) is 6.68. The largest absolute Gasteiger partial charge is 0.441 e. The number of hydrogen-bond acceptors (Lipinski definition) is 4. The van der Waals surface area contributed by atoms with Crippen LogP contribution in [0.1, 0.15) is 51.9 Å². The summed E-state index contributed by atoms with van der Waals surface area (Å²) in [5, 5.41) is 2.80. The van der Waals surface area contributed by atoms with Gasteiger partial charge in [-0.1, -0.05) is 6.92 Å². The maximum atomic E-state index is 12.1. The molecule has 0 bridgehead atoms. The number of nitrogens with one attached hydrogen (secondary N) is 1. The highest BCUT2D eigenvalue weighted by Gasteiger charge is 2.52. The summed E-state index contributed by atoms with van der Waals surface area (Å²) in [7, 11) is 0.